The molecule has 0 aromatic carbocycles. The summed E-state index contributed by atoms with van der Waals surface area (Å²) in [5.74, 6) is 0.0733. The molecule has 116 valence electrons. The van der Waals surface area contributed by atoms with Crippen molar-refractivity contribution in [2.24, 2.45) is 0 Å². The van der Waals surface area contributed by atoms with Crippen LogP contribution in [-0.4, -0.2) is 50.4 Å². The number of pyridine rings is 1. The first-order valence-electron chi connectivity index (χ1n) is 7.49. The Kier molecular flexibility index (Phi) is 4.43. The van der Waals surface area contributed by atoms with Crippen molar-refractivity contribution in [3.05, 3.63) is 41.5 Å². The van der Waals surface area contributed by atoms with E-state index in [2.05, 4.69) is 25.5 Å². The van der Waals surface area contributed by atoms with Gasteiger partial charge in [-0.25, -0.2) is 0 Å². The Morgan fingerprint density at radius 3 is 3.05 bits per heavy atom. The number of nitrogens with zero attached hydrogens (tertiary/aromatic N) is 5. The SMILES string of the molecule is Cc1cccc(CCn2cc(CN3CCNC(=O)C3)nn2)n1. The van der Waals surface area contributed by atoms with Crippen LogP contribution in [0.2, 0.25) is 0 Å². The molecular weight excluding hydrogens is 280 g/mol. The fraction of sp³-hybridized carbons (Fsp3) is 0.467. The molecule has 1 aliphatic heterocycles. The third-order valence-corrected chi connectivity index (χ3v) is 3.63. The number of nitrogens with one attached hydrogen (secondary N) is 1. The highest BCUT2D eigenvalue weighted by molar-refractivity contribution is 5.78. The average molecular weight is 300 g/mol. The van der Waals surface area contributed by atoms with E-state index in [1.54, 1.807) is 0 Å². The number of aromatic nitrogens is 4. The number of hydrogen-bond donors (Lipinski definition) is 1. The van der Waals surface area contributed by atoms with E-state index in [1.165, 1.54) is 0 Å². The summed E-state index contributed by atoms with van der Waals surface area (Å²) in [5.41, 5.74) is 2.98. The number of hydrogen-bond acceptors (Lipinski definition) is 5. The molecule has 22 heavy (non-hydrogen) atoms. The Labute approximate surface area is 129 Å². The van der Waals surface area contributed by atoms with Gasteiger partial charge < -0.3 is 5.32 Å². The topological polar surface area (TPSA) is 75.9 Å². The van der Waals surface area contributed by atoms with Crippen LogP contribution in [0.25, 0.3) is 0 Å². The number of aryl methyl sites for hydroxylation is 3. The normalized spacial score (nSPS) is 15.8. The van der Waals surface area contributed by atoms with Crippen LogP contribution >= 0.6 is 0 Å². The van der Waals surface area contributed by atoms with Gasteiger partial charge in [0.2, 0.25) is 5.91 Å². The van der Waals surface area contributed by atoms with Crippen molar-refractivity contribution in [3.8, 4) is 0 Å². The Hall–Kier alpha value is -2.28. The summed E-state index contributed by atoms with van der Waals surface area (Å²) in [6, 6.07) is 6.04. The van der Waals surface area contributed by atoms with Crippen LogP contribution in [0, 0.1) is 6.92 Å². The lowest BCUT2D eigenvalue weighted by Gasteiger charge is -2.25. The number of amides is 1. The van der Waals surface area contributed by atoms with E-state index < -0.39 is 0 Å². The molecule has 2 aromatic rings. The third-order valence-electron chi connectivity index (χ3n) is 3.63. The van der Waals surface area contributed by atoms with Crippen LogP contribution in [-0.2, 0) is 24.3 Å². The molecule has 1 aliphatic rings. The summed E-state index contributed by atoms with van der Waals surface area (Å²) in [7, 11) is 0. The van der Waals surface area contributed by atoms with Gasteiger partial charge in [-0.05, 0) is 19.1 Å². The maximum absolute atomic E-state index is 11.4. The second kappa shape index (κ2) is 6.65. The monoisotopic (exact) mass is 300 g/mol. The molecule has 0 atom stereocenters. The van der Waals surface area contributed by atoms with Gasteiger partial charge in [0.25, 0.3) is 0 Å². The van der Waals surface area contributed by atoms with Crippen molar-refractivity contribution in [1.29, 1.82) is 0 Å². The zero-order valence-electron chi connectivity index (χ0n) is 12.7. The minimum absolute atomic E-state index is 0.0733. The summed E-state index contributed by atoms with van der Waals surface area (Å²) in [5, 5.41) is 11.2. The number of carbonyl (C=O) groups excluding carboxylic acids is 1. The van der Waals surface area contributed by atoms with E-state index in [4.69, 9.17) is 0 Å². The van der Waals surface area contributed by atoms with Crippen molar-refractivity contribution >= 4 is 5.91 Å². The summed E-state index contributed by atoms with van der Waals surface area (Å²) in [4.78, 5) is 17.9. The summed E-state index contributed by atoms with van der Waals surface area (Å²) < 4.78 is 1.84. The lowest BCUT2D eigenvalue weighted by atomic mass is 10.2. The van der Waals surface area contributed by atoms with Crippen molar-refractivity contribution in [3.63, 3.8) is 0 Å². The maximum atomic E-state index is 11.4. The van der Waals surface area contributed by atoms with Crippen molar-refractivity contribution in [1.82, 2.24) is 30.2 Å². The Bertz CT molecular complexity index is 653. The van der Waals surface area contributed by atoms with Gasteiger partial charge >= 0.3 is 0 Å². The molecule has 1 fully saturated rings. The van der Waals surface area contributed by atoms with Crippen LogP contribution in [0.5, 0.6) is 0 Å². The first kappa shape index (κ1) is 14.6. The quantitative estimate of drug-likeness (QED) is 0.851. The van der Waals surface area contributed by atoms with Crippen LogP contribution in [0.3, 0.4) is 0 Å². The predicted molar refractivity (Wildman–Crippen MR) is 81.0 cm³/mol. The van der Waals surface area contributed by atoms with Crippen molar-refractivity contribution in [2.45, 2.75) is 26.4 Å². The lowest BCUT2D eigenvalue weighted by molar-refractivity contribution is -0.124. The highest BCUT2D eigenvalue weighted by atomic mass is 16.2. The van der Waals surface area contributed by atoms with Crippen LogP contribution in [0.1, 0.15) is 17.1 Å². The zero-order valence-corrected chi connectivity index (χ0v) is 12.7. The van der Waals surface area contributed by atoms with E-state index in [1.807, 2.05) is 36.0 Å². The fourth-order valence-corrected chi connectivity index (χ4v) is 2.54. The Morgan fingerprint density at radius 1 is 1.32 bits per heavy atom. The molecule has 7 heteroatoms. The largest absolute Gasteiger partial charge is 0.354 e. The lowest BCUT2D eigenvalue weighted by Crippen LogP contribution is -2.47. The van der Waals surface area contributed by atoms with Crippen molar-refractivity contribution in [2.75, 3.05) is 19.6 Å². The van der Waals surface area contributed by atoms with Gasteiger partial charge in [0.05, 0.1) is 12.2 Å². The minimum atomic E-state index is 0.0733. The highest BCUT2D eigenvalue weighted by Crippen LogP contribution is 2.04. The van der Waals surface area contributed by atoms with E-state index in [-0.39, 0.29) is 5.91 Å². The first-order valence-corrected chi connectivity index (χ1v) is 7.49. The van der Waals surface area contributed by atoms with E-state index in [9.17, 15) is 4.79 Å². The molecule has 2 aromatic heterocycles. The predicted octanol–water partition coefficient (Wildman–Crippen LogP) is 0.156. The smallest absolute Gasteiger partial charge is 0.234 e. The minimum Gasteiger partial charge on any atom is -0.354 e. The van der Waals surface area contributed by atoms with E-state index in [0.29, 0.717) is 19.6 Å². The maximum Gasteiger partial charge on any atom is 0.234 e. The summed E-state index contributed by atoms with van der Waals surface area (Å²) >= 11 is 0. The summed E-state index contributed by atoms with van der Waals surface area (Å²) in [6.07, 6.45) is 2.78. The van der Waals surface area contributed by atoms with Gasteiger partial charge in [0.1, 0.15) is 0 Å². The molecule has 7 nitrogen and oxygen atoms in total. The molecule has 0 saturated carbocycles. The second-order valence-corrected chi connectivity index (χ2v) is 5.55. The summed E-state index contributed by atoms with van der Waals surface area (Å²) in [6.45, 7) is 5.39. The molecule has 1 N–H and O–H groups in total. The molecule has 1 saturated heterocycles. The Balaban J connectivity index is 1.53. The van der Waals surface area contributed by atoms with Gasteiger partial charge in [-0.1, -0.05) is 11.3 Å². The van der Waals surface area contributed by atoms with E-state index in [0.717, 1.165) is 36.6 Å². The first-order chi connectivity index (χ1) is 10.7. The van der Waals surface area contributed by atoms with E-state index >= 15 is 0 Å². The molecule has 3 rings (SSSR count). The van der Waals surface area contributed by atoms with Gasteiger partial charge in [-0.15, -0.1) is 5.10 Å². The molecule has 1 amide bonds. The van der Waals surface area contributed by atoms with Crippen molar-refractivity contribution < 1.29 is 4.79 Å². The average Bonchev–Trinajstić information content (AvgIpc) is 2.93. The van der Waals surface area contributed by atoms with Crippen LogP contribution < -0.4 is 5.32 Å². The second-order valence-electron chi connectivity index (χ2n) is 5.55. The highest BCUT2D eigenvalue weighted by Gasteiger charge is 2.17. The van der Waals surface area contributed by atoms with Gasteiger partial charge in [-0.3, -0.25) is 19.4 Å². The molecule has 3 heterocycles. The molecule has 0 radical (unpaired) electrons. The number of carbonyl (C=O) groups is 1. The molecule has 0 spiro atoms. The van der Waals surface area contributed by atoms with Gasteiger partial charge in [0.15, 0.2) is 0 Å². The zero-order chi connectivity index (χ0) is 15.4. The number of piperazine rings is 1. The van der Waals surface area contributed by atoms with Gasteiger partial charge in [-0.2, -0.15) is 0 Å². The fourth-order valence-electron chi connectivity index (χ4n) is 2.54. The van der Waals surface area contributed by atoms with Crippen LogP contribution in [0.15, 0.2) is 24.4 Å². The number of rotatable bonds is 5. The van der Waals surface area contributed by atoms with Crippen LogP contribution in [0.4, 0.5) is 0 Å². The molecule has 0 bridgehead atoms. The molecule has 0 unspecified atom stereocenters. The molecular formula is C15H20N6O. The molecule has 0 aliphatic carbocycles. The third kappa shape index (κ3) is 3.88. The van der Waals surface area contributed by atoms with Gasteiger partial charge in [0, 0.05) is 50.2 Å². The standard InChI is InChI=1S/C15H20N6O/c1-12-3-2-4-13(17-12)5-7-21-10-14(18-19-21)9-20-8-6-16-15(22)11-20/h2-4,10H,5-9,11H2,1H3,(H,16,22). The Morgan fingerprint density at radius 2 is 2.23 bits per heavy atom.